The summed E-state index contributed by atoms with van der Waals surface area (Å²) in [4.78, 5) is 14.7. The third-order valence-corrected chi connectivity index (χ3v) is 8.42. The number of hydrogen-bond acceptors (Lipinski definition) is 7. The summed E-state index contributed by atoms with van der Waals surface area (Å²) in [6, 6.07) is 20.9. The molecule has 4 heterocycles. The molecule has 1 saturated carbocycles. The van der Waals surface area contributed by atoms with E-state index in [0.717, 1.165) is 83.8 Å². The molecule has 0 bridgehead atoms. The van der Waals surface area contributed by atoms with Crippen LogP contribution in [0.4, 0.5) is 5.82 Å². The summed E-state index contributed by atoms with van der Waals surface area (Å²) in [5.74, 6) is 2.62. The van der Waals surface area contributed by atoms with Gasteiger partial charge in [0.15, 0.2) is 0 Å². The number of aromatic nitrogens is 4. The maximum Gasteiger partial charge on any atom is 0.150 e. The number of nitrogen functional groups attached to an aromatic ring is 1. The fourth-order valence-electron chi connectivity index (χ4n) is 6.23. The van der Waals surface area contributed by atoms with Gasteiger partial charge in [-0.15, -0.1) is 0 Å². The molecule has 40 heavy (non-hydrogen) atoms. The minimum atomic E-state index is 0.126. The molecule has 1 atom stereocenters. The van der Waals surface area contributed by atoms with Crippen molar-refractivity contribution in [3.05, 3.63) is 78.9 Å². The van der Waals surface area contributed by atoms with E-state index in [0.29, 0.717) is 17.7 Å². The van der Waals surface area contributed by atoms with Gasteiger partial charge in [0.05, 0.1) is 17.8 Å². The molecule has 204 valence electrons. The first kappa shape index (κ1) is 25.1. The Hall–Kier alpha value is -3.85. The van der Waals surface area contributed by atoms with E-state index in [4.69, 9.17) is 20.4 Å². The number of morpholine rings is 1. The molecule has 0 amide bonds. The average molecular weight is 534 g/mol. The predicted molar refractivity (Wildman–Crippen MR) is 159 cm³/mol. The summed E-state index contributed by atoms with van der Waals surface area (Å²) in [5.41, 5.74) is 12.2. The van der Waals surface area contributed by atoms with Crippen LogP contribution in [0.1, 0.15) is 37.4 Å². The van der Waals surface area contributed by atoms with Gasteiger partial charge in [-0.3, -0.25) is 9.72 Å². The van der Waals surface area contributed by atoms with Crippen LogP contribution in [0.2, 0.25) is 0 Å². The lowest BCUT2D eigenvalue weighted by atomic mass is 9.81. The van der Waals surface area contributed by atoms with Crippen LogP contribution in [0.15, 0.2) is 73.1 Å². The molecule has 1 aliphatic heterocycles. The van der Waals surface area contributed by atoms with Crippen molar-refractivity contribution >= 4 is 22.2 Å². The third-order valence-electron chi connectivity index (χ3n) is 8.42. The predicted octanol–water partition coefficient (Wildman–Crippen LogP) is 5.00. The zero-order valence-corrected chi connectivity index (χ0v) is 22.6. The number of benzene rings is 2. The smallest absolute Gasteiger partial charge is 0.150 e. The van der Waals surface area contributed by atoms with Crippen LogP contribution in [-0.2, 0) is 4.74 Å². The van der Waals surface area contributed by atoms with E-state index in [9.17, 15) is 0 Å². The number of hydrogen-bond donors (Lipinski definition) is 3. The number of fused-ring (bicyclic) bond motifs is 2. The summed E-state index contributed by atoms with van der Waals surface area (Å²) in [6.07, 6.45) is 8.47. The van der Waals surface area contributed by atoms with Gasteiger partial charge in [-0.05, 0) is 43.7 Å². The van der Waals surface area contributed by atoms with Crippen LogP contribution in [-0.4, -0.2) is 51.8 Å². The third kappa shape index (κ3) is 4.94. The van der Waals surface area contributed by atoms with E-state index in [1.165, 1.54) is 12.8 Å². The van der Waals surface area contributed by atoms with Crippen LogP contribution in [0.5, 0.6) is 0 Å². The Kier molecular flexibility index (Phi) is 6.89. The Morgan fingerprint density at radius 1 is 0.975 bits per heavy atom. The Bertz CT molecular complexity index is 1620. The van der Waals surface area contributed by atoms with E-state index < -0.39 is 0 Å². The van der Waals surface area contributed by atoms with E-state index in [-0.39, 0.29) is 6.23 Å². The van der Waals surface area contributed by atoms with Crippen LogP contribution in [0.25, 0.3) is 38.9 Å². The molecular weight excluding hydrogens is 498 g/mol. The van der Waals surface area contributed by atoms with Gasteiger partial charge in [0, 0.05) is 54.5 Å². The van der Waals surface area contributed by atoms with E-state index in [1.807, 2.05) is 24.4 Å². The Balaban J connectivity index is 1.16. The average Bonchev–Trinajstić information content (AvgIpc) is 3.42. The Labute approximate surface area is 234 Å². The second kappa shape index (κ2) is 11.0. The molecule has 2 aliphatic rings. The van der Waals surface area contributed by atoms with Gasteiger partial charge < -0.3 is 15.8 Å². The molecule has 5 aromatic rings. The topological polar surface area (TPSA) is 102 Å². The molecule has 4 N–H and O–H groups in total. The maximum absolute atomic E-state index is 6.47. The molecule has 2 aromatic carbocycles. The monoisotopic (exact) mass is 533 g/mol. The van der Waals surface area contributed by atoms with Crippen molar-refractivity contribution in [2.24, 2.45) is 5.92 Å². The number of imidazole rings is 1. The molecule has 8 heteroatoms. The highest BCUT2D eigenvalue weighted by atomic mass is 16.5. The second-order valence-corrected chi connectivity index (χ2v) is 11.0. The zero-order valence-electron chi connectivity index (χ0n) is 22.6. The first-order valence-corrected chi connectivity index (χ1v) is 14.4. The summed E-state index contributed by atoms with van der Waals surface area (Å²) < 4.78 is 7.98. The molecule has 3 aromatic heterocycles. The fourth-order valence-corrected chi connectivity index (χ4v) is 6.23. The van der Waals surface area contributed by atoms with Crippen molar-refractivity contribution in [2.45, 2.75) is 37.8 Å². The van der Waals surface area contributed by atoms with E-state index in [1.54, 1.807) is 6.20 Å². The lowest BCUT2D eigenvalue weighted by Crippen LogP contribution is -2.48. The second-order valence-electron chi connectivity index (χ2n) is 11.0. The SMILES string of the molecule is Nc1nccn2c(C3CCC(CNC4CNCCO4)CC3)nc(-c3ccc4ccc(-c5ccccc5)nc4c3)c12. The van der Waals surface area contributed by atoms with E-state index >= 15 is 0 Å². The van der Waals surface area contributed by atoms with E-state index in [2.05, 4.69) is 62.5 Å². The molecule has 1 saturated heterocycles. The minimum absolute atomic E-state index is 0.126. The Morgan fingerprint density at radius 2 is 1.82 bits per heavy atom. The summed E-state index contributed by atoms with van der Waals surface area (Å²) in [5, 5.41) is 8.09. The number of rotatable bonds is 6. The van der Waals surface area contributed by atoms with Crippen molar-refractivity contribution in [1.29, 1.82) is 0 Å². The van der Waals surface area contributed by atoms with Crippen LogP contribution in [0.3, 0.4) is 0 Å². The highest BCUT2D eigenvalue weighted by Crippen LogP contribution is 2.39. The standard InChI is InChI=1S/C32H35N7O/c33-31-30-29(25-11-10-23-12-13-26(37-27(23)18-25)22-4-2-1-3-5-22)38-32(39(30)16-14-35-31)24-8-6-21(7-9-24)19-36-28-20-34-15-17-40-28/h1-5,10-14,16,18,21,24,28,34,36H,6-9,15,17,19-20H2,(H2,33,35). The highest BCUT2D eigenvalue weighted by molar-refractivity contribution is 5.91. The van der Waals surface area contributed by atoms with Gasteiger partial charge in [-0.2, -0.15) is 0 Å². The maximum atomic E-state index is 6.47. The normalized spacial score (nSPS) is 21.6. The zero-order chi connectivity index (χ0) is 26.9. The van der Waals surface area contributed by atoms with Crippen LogP contribution < -0.4 is 16.4 Å². The fraction of sp³-hybridized carbons (Fsp3) is 0.344. The molecule has 1 aliphatic carbocycles. The molecule has 8 nitrogen and oxygen atoms in total. The van der Waals surface area contributed by atoms with Gasteiger partial charge in [-0.1, -0.05) is 48.5 Å². The van der Waals surface area contributed by atoms with Crippen molar-refractivity contribution in [2.75, 3.05) is 32.0 Å². The molecule has 0 radical (unpaired) electrons. The first-order chi connectivity index (χ1) is 19.7. The summed E-state index contributed by atoms with van der Waals surface area (Å²) in [7, 11) is 0. The van der Waals surface area contributed by atoms with Crippen molar-refractivity contribution in [1.82, 2.24) is 30.0 Å². The number of nitrogens with two attached hydrogens (primary N) is 1. The Morgan fingerprint density at radius 3 is 2.65 bits per heavy atom. The number of anilines is 1. The number of nitrogens with one attached hydrogen (secondary N) is 2. The largest absolute Gasteiger partial charge is 0.382 e. The highest BCUT2D eigenvalue weighted by Gasteiger charge is 2.28. The number of nitrogens with zero attached hydrogens (tertiary/aromatic N) is 4. The lowest BCUT2D eigenvalue weighted by Gasteiger charge is -2.31. The van der Waals surface area contributed by atoms with Gasteiger partial charge in [0.1, 0.15) is 29.1 Å². The van der Waals surface area contributed by atoms with Crippen LogP contribution >= 0.6 is 0 Å². The number of ether oxygens (including phenoxy) is 1. The molecule has 7 rings (SSSR count). The van der Waals surface area contributed by atoms with Crippen molar-refractivity contribution in [3.63, 3.8) is 0 Å². The summed E-state index contributed by atoms with van der Waals surface area (Å²) in [6.45, 7) is 3.59. The molecular formula is C32H35N7O. The first-order valence-electron chi connectivity index (χ1n) is 14.4. The van der Waals surface area contributed by atoms with Gasteiger partial charge >= 0.3 is 0 Å². The van der Waals surface area contributed by atoms with Crippen molar-refractivity contribution < 1.29 is 4.74 Å². The van der Waals surface area contributed by atoms with Gasteiger partial charge in [0.25, 0.3) is 0 Å². The van der Waals surface area contributed by atoms with Crippen molar-refractivity contribution in [3.8, 4) is 22.5 Å². The van der Waals surface area contributed by atoms with Gasteiger partial charge in [-0.25, -0.2) is 15.0 Å². The molecule has 1 unspecified atom stereocenters. The van der Waals surface area contributed by atoms with Crippen LogP contribution in [0, 0.1) is 5.92 Å². The lowest BCUT2D eigenvalue weighted by molar-refractivity contribution is 0.00363. The molecule has 2 fully saturated rings. The summed E-state index contributed by atoms with van der Waals surface area (Å²) >= 11 is 0. The number of pyridine rings is 1. The quantitative estimate of drug-likeness (QED) is 0.282. The molecule has 0 spiro atoms. The minimum Gasteiger partial charge on any atom is -0.382 e. The van der Waals surface area contributed by atoms with Gasteiger partial charge in [0.2, 0.25) is 0 Å².